The summed E-state index contributed by atoms with van der Waals surface area (Å²) in [5.74, 6) is -2.01. The van der Waals surface area contributed by atoms with Crippen LogP contribution in [0, 0.1) is 0 Å². The molecule has 0 bridgehead atoms. The molecule has 11 heteroatoms. The van der Waals surface area contributed by atoms with Crippen molar-refractivity contribution in [3.05, 3.63) is 46.8 Å². The van der Waals surface area contributed by atoms with Gasteiger partial charge in [-0.25, -0.2) is 9.78 Å². The van der Waals surface area contributed by atoms with Crippen molar-refractivity contribution in [3.63, 3.8) is 0 Å². The summed E-state index contributed by atoms with van der Waals surface area (Å²) >= 11 is 1.62. The molecule has 2 aliphatic rings. The van der Waals surface area contributed by atoms with Crippen LogP contribution in [0.4, 0.5) is 13.2 Å². The Morgan fingerprint density at radius 2 is 2.06 bits per heavy atom. The van der Waals surface area contributed by atoms with Crippen molar-refractivity contribution in [1.29, 1.82) is 0 Å². The highest BCUT2D eigenvalue weighted by atomic mass is 32.1. The van der Waals surface area contributed by atoms with E-state index in [2.05, 4.69) is 4.98 Å². The third-order valence-electron chi connectivity index (χ3n) is 4.86. The molecule has 2 aromatic heterocycles. The second kappa shape index (κ2) is 10.1. The number of amides is 1. The van der Waals surface area contributed by atoms with E-state index in [0.29, 0.717) is 18.8 Å². The summed E-state index contributed by atoms with van der Waals surface area (Å²) in [6, 6.07) is 9.70. The van der Waals surface area contributed by atoms with Gasteiger partial charge in [0.25, 0.3) is 0 Å². The maximum atomic E-state index is 12.8. The van der Waals surface area contributed by atoms with Crippen LogP contribution in [0.15, 0.2) is 41.9 Å². The Kier molecular flexibility index (Phi) is 7.50. The number of pyridine rings is 1. The molecule has 0 radical (unpaired) electrons. The summed E-state index contributed by atoms with van der Waals surface area (Å²) in [6.45, 7) is 1.30. The Labute approximate surface area is 180 Å². The molecule has 2 aliphatic heterocycles. The molecule has 1 N–H and O–H groups in total. The monoisotopic (exact) mass is 458 g/mol. The number of alkyl halides is 3. The number of fused-ring (bicyclic) bond motifs is 1. The lowest BCUT2D eigenvalue weighted by Crippen LogP contribution is -2.44. The Balaban J connectivity index is 0.000000339. The molecule has 7 nitrogen and oxygen atoms in total. The van der Waals surface area contributed by atoms with E-state index in [1.54, 1.807) is 17.5 Å². The van der Waals surface area contributed by atoms with Crippen LogP contribution in [-0.2, 0) is 20.7 Å². The number of rotatable bonds is 4. The average Bonchev–Trinajstić information content (AvgIpc) is 3.37. The maximum absolute atomic E-state index is 12.8. The van der Waals surface area contributed by atoms with E-state index >= 15 is 0 Å². The minimum atomic E-state index is -5.08. The summed E-state index contributed by atoms with van der Waals surface area (Å²) in [5.41, 5.74) is 0. The van der Waals surface area contributed by atoms with Crippen LogP contribution >= 0.6 is 11.3 Å². The van der Waals surface area contributed by atoms with Gasteiger partial charge in [-0.05, 0) is 30.4 Å². The summed E-state index contributed by atoms with van der Waals surface area (Å²) in [6.07, 6.45) is -1.17. The molecule has 0 saturated carbocycles. The first-order chi connectivity index (χ1) is 14.8. The second-order valence-electron chi connectivity index (χ2n) is 6.97. The average molecular weight is 458 g/mol. The fourth-order valence-electron chi connectivity index (χ4n) is 3.54. The van der Waals surface area contributed by atoms with Gasteiger partial charge in [0.05, 0.1) is 19.0 Å². The number of aromatic nitrogens is 1. The van der Waals surface area contributed by atoms with Crippen LogP contribution in [0.5, 0.6) is 5.88 Å². The highest BCUT2D eigenvalue weighted by Crippen LogP contribution is 2.32. The number of carboxylic acids is 1. The van der Waals surface area contributed by atoms with E-state index in [-0.39, 0.29) is 24.2 Å². The van der Waals surface area contributed by atoms with E-state index < -0.39 is 12.1 Å². The maximum Gasteiger partial charge on any atom is 0.490 e. The first-order valence-electron chi connectivity index (χ1n) is 9.57. The normalized spacial score (nSPS) is 22.8. The lowest BCUT2D eigenvalue weighted by molar-refractivity contribution is -0.192. The van der Waals surface area contributed by atoms with Gasteiger partial charge >= 0.3 is 12.1 Å². The van der Waals surface area contributed by atoms with Gasteiger partial charge in [-0.3, -0.25) is 4.79 Å². The molecule has 0 aliphatic carbocycles. The largest absolute Gasteiger partial charge is 0.490 e. The van der Waals surface area contributed by atoms with Gasteiger partial charge in [-0.15, -0.1) is 11.3 Å². The predicted octanol–water partition coefficient (Wildman–Crippen LogP) is 3.16. The highest BCUT2D eigenvalue weighted by molar-refractivity contribution is 7.10. The molecule has 4 heterocycles. The Hall–Kier alpha value is -2.66. The van der Waals surface area contributed by atoms with Crippen molar-refractivity contribution in [3.8, 4) is 5.88 Å². The number of carbonyl (C=O) groups is 2. The molecule has 0 spiro atoms. The van der Waals surface area contributed by atoms with Crippen molar-refractivity contribution < 1.29 is 37.3 Å². The SMILES string of the molecule is O=C(Cc1cccs1)N1C[C@@H](Oc2ccccn2)[C@H]2OCCC[C@H]21.O=C(O)C(F)(F)F. The predicted molar refractivity (Wildman–Crippen MR) is 105 cm³/mol. The molecular weight excluding hydrogens is 437 g/mol. The van der Waals surface area contributed by atoms with Crippen molar-refractivity contribution >= 4 is 23.2 Å². The highest BCUT2D eigenvalue weighted by Gasteiger charge is 2.47. The molecule has 2 saturated heterocycles. The molecule has 2 fully saturated rings. The van der Waals surface area contributed by atoms with Gasteiger partial charge in [-0.1, -0.05) is 12.1 Å². The Bertz CT molecular complexity index is 863. The summed E-state index contributed by atoms with van der Waals surface area (Å²) < 4.78 is 43.7. The molecule has 0 aromatic carbocycles. The Morgan fingerprint density at radius 1 is 1.29 bits per heavy atom. The summed E-state index contributed by atoms with van der Waals surface area (Å²) in [7, 11) is 0. The first-order valence-corrected chi connectivity index (χ1v) is 10.4. The van der Waals surface area contributed by atoms with Crippen molar-refractivity contribution in [2.75, 3.05) is 13.2 Å². The fourth-order valence-corrected chi connectivity index (χ4v) is 4.23. The van der Waals surface area contributed by atoms with Gasteiger partial charge in [0.1, 0.15) is 12.2 Å². The van der Waals surface area contributed by atoms with Crippen LogP contribution in [0.1, 0.15) is 17.7 Å². The number of nitrogens with zero attached hydrogens (tertiary/aromatic N) is 2. The zero-order chi connectivity index (χ0) is 22.4. The Morgan fingerprint density at radius 3 is 2.68 bits per heavy atom. The van der Waals surface area contributed by atoms with E-state index in [1.165, 1.54) is 0 Å². The number of ether oxygens (including phenoxy) is 2. The third-order valence-corrected chi connectivity index (χ3v) is 5.73. The fraction of sp³-hybridized carbons (Fsp3) is 0.450. The third kappa shape index (κ3) is 6.17. The van der Waals surface area contributed by atoms with Crippen LogP contribution < -0.4 is 4.74 Å². The smallest absolute Gasteiger partial charge is 0.475 e. The molecule has 168 valence electrons. The van der Waals surface area contributed by atoms with Crippen molar-refractivity contribution in [2.24, 2.45) is 0 Å². The van der Waals surface area contributed by atoms with E-state index in [1.807, 2.05) is 40.6 Å². The standard InChI is InChI=1S/C18H20N2O3S.C2HF3O2/c21-17(11-13-5-4-10-24-13)20-12-15(18-14(20)6-3-9-22-18)23-16-7-1-2-8-19-16;3-2(4,5)1(6)7/h1-2,4-5,7-8,10,14-15,18H,3,6,9,11-12H2;(H,6,7)/t14-,15-,18+;/m1./s1. The van der Waals surface area contributed by atoms with Crippen LogP contribution in [0.3, 0.4) is 0 Å². The molecule has 4 rings (SSSR count). The lowest BCUT2D eigenvalue weighted by Gasteiger charge is -2.32. The summed E-state index contributed by atoms with van der Waals surface area (Å²) in [5, 5.41) is 9.13. The molecule has 3 atom stereocenters. The number of thiophene rings is 1. The molecule has 1 amide bonds. The van der Waals surface area contributed by atoms with E-state index in [9.17, 15) is 18.0 Å². The zero-order valence-corrected chi connectivity index (χ0v) is 17.1. The number of hydrogen-bond acceptors (Lipinski definition) is 6. The number of carbonyl (C=O) groups excluding carboxylic acids is 1. The molecule has 2 aromatic rings. The number of likely N-dealkylation sites (tertiary alicyclic amines) is 1. The van der Waals surface area contributed by atoms with Gasteiger partial charge in [0.2, 0.25) is 11.8 Å². The van der Waals surface area contributed by atoms with Crippen LogP contribution in [0.2, 0.25) is 0 Å². The second-order valence-corrected chi connectivity index (χ2v) is 8.01. The van der Waals surface area contributed by atoms with Gasteiger partial charge < -0.3 is 19.5 Å². The van der Waals surface area contributed by atoms with Gasteiger partial charge in [0.15, 0.2) is 0 Å². The quantitative estimate of drug-likeness (QED) is 0.757. The summed E-state index contributed by atoms with van der Waals surface area (Å²) in [4.78, 5) is 29.0. The molecular formula is C20H21F3N2O5S. The molecule has 0 unspecified atom stereocenters. The number of carboxylic acid groups (broad SMARTS) is 1. The van der Waals surface area contributed by atoms with E-state index in [4.69, 9.17) is 19.4 Å². The van der Waals surface area contributed by atoms with Gasteiger partial charge in [-0.2, -0.15) is 13.2 Å². The van der Waals surface area contributed by atoms with Gasteiger partial charge in [0, 0.05) is 23.7 Å². The lowest BCUT2D eigenvalue weighted by atomic mass is 10.0. The molecule has 31 heavy (non-hydrogen) atoms. The van der Waals surface area contributed by atoms with Crippen LogP contribution in [0.25, 0.3) is 0 Å². The number of hydrogen-bond donors (Lipinski definition) is 1. The van der Waals surface area contributed by atoms with Crippen LogP contribution in [-0.4, -0.2) is 64.4 Å². The number of aliphatic carboxylic acids is 1. The van der Waals surface area contributed by atoms with E-state index in [0.717, 1.165) is 24.3 Å². The topological polar surface area (TPSA) is 89.0 Å². The van der Waals surface area contributed by atoms with Crippen molar-refractivity contribution in [1.82, 2.24) is 9.88 Å². The minimum absolute atomic E-state index is 0.0620. The first kappa shape index (κ1) is 23.0. The minimum Gasteiger partial charge on any atom is -0.475 e. The van der Waals surface area contributed by atoms with Crippen molar-refractivity contribution in [2.45, 2.75) is 43.7 Å². The number of halogens is 3. The zero-order valence-electron chi connectivity index (χ0n) is 16.3.